The Balaban J connectivity index is 2.13. The van der Waals surface area contributed by atoms with Crippen molar-refractivity contribution in [3.63, 3.8) is 0 Å². The van der Waals surface area contributed by atoms with Gasteiger partial charge < -0.3 is 5.32 Å². The quantitative estimate of drug-likeness (QED) is 0.735. The second kappa shape index (κ2) is 3.07. The fourth-order valence-electron chi connectivity index (χ4n) is 1.50. The summed E-state index contributed by atoms with van der Waals surface area (Å²) in [6.07, 6.45) is 0.173. The first-order valence-corrected chi connectivity index (χ1v) is 4.33. The number of benzene rings is 1. The van der Waals surface area contributed by atoms with Crippen LogP contribution >= 0.6 is 0 Å². The number of hydrogen-bond donors (Lipinski definition) is 1. The van der Waals surface area contributed by atoms with Crippen LogP contribution in [0, 0.1) is 5.82 Å². The van der Waals surface area contributed by atoms with Crippen LogP contribution in [0.2, 0.25) is 0 Å². The van der Waals surface area contributed by atoms with Crippen molar-refractivity contribution in [1.29, 1.82) is 0 Å². The van der Waals surface area contributed by atoms with Crippen molar-refractivity contribution in [1.82, 2.24) is 5.32 Å². The van der Waals surface area contributed by atoms with Crippen LogP contribution in [-0.2, 0) is 6.42 Å². The topological polar surface area (TPSA) is 12.0 Å². The highest BCUT2D eigenvalue weighted by molar-refractivity contribution is 5.20. The fraction of sp³-hybridized carbons (Fsp3) is 0.400. The molecule has 1 aromatic carbocycles. The molecule has 70 valence electrons. The summed E-state index contributed by atoms with van der Waals surface area (Å²) in [6.45, 7) is 0.669. The summed E-state index contributed by atoms with van der Waals surface area (Å²) in [5.74, 6) is -0.313. The molecule has 1 heterocycles. The first-order chi connectivity index (χ1) is 6.20. The highest BCUT2D eigenvalue weighted by atomic mass is 19.1. The average Bonchev–Trinajstić information content (AvgIpc) is 2.06. The molecule has 0 atom stereocenters. The van der Waals surface area contributed by atoms with Crippen LogP contribution in [0.3, 0.4) is 0 Å². The summed E-state index contributed by atoms with van der Waals surface area (Å²) in [4.78, 5) is 0. The van der Waals surface area contributed by atoms with E-state index < -0.39 is 5.67 Å². The Kier molecular flexibility index (Phi) is 2.04. The van der Waals surface area contributed by atoms with Gasteiger partial charge in [0.25, 0.3) is 0 Å². The van der Waals surface area contributed by atoms with E-state index in [0.29, 0.717) is 18.7 Å². The second-order valence-corrected chi connectivity index (χ2v) is 3.52. The van der Waals surface area contributed by atoms with E-state index in [0.717, 1.165) is 0 Å². The van der Waals surface area contributed by atoms with E-state index in [4.69, 9.17) is 0 Å². The summed E-state index contributed by atoms with van der Waals surface area (Å²) < 4.78 is 26.6. The highest BCUT2D eigenvalue weighted by Crippen LogP contribution is 2.23. The van der Waals surface area contributed by atoms with E-state index in [2.05, 4.69) is 5.32 Å². The minimum atomic E-state index is -1.23. The van der Waals surface area contributed by atoms with Crippen molar-refractivity contribution >= 4 is 0 Å². The third kappa shape index (κ3) is 1.70. The van der Waals surface area contributed by atoms with E-state index in [9.17, 15) is 8.78 Å². The number of hydrogen-bond acceptors (Lipinski definition) is 1. The van der Waals surface area contributed by atoms with Gasteiger partial charge in [-0.2, -0.15) is 0 Å². The van der Waals surface area contributed by atoms with Crippen LogP contribution < -0.4 is 5.32 Å². The Morgan fingerprint density at radius 2 is 2.00 bits per heavy atom. The van der Waals surface area contributed by atoms with Crippen molar-refractivity contribution in [3.8, 4) is 0 Å². The second-order valence-electron chi connectivity index (χ2n) is 3.52. The molecule has 1 saturated heterocycles. The van der Waals surface area contributed by atoms with Gasteiger partial charge >= 0.3 is 0 Å². The van der Waals surface area contributed by atoms with Gasteiger partial charge in [-0.15, -0.1) is 0 Å². The molecule has 0 bridgehead atoms. The Hall–Kier alpha value is -0.960. The smallest absolute Gasteiger partial charge is 0.139 e. The van der Waals surface area contributed by atoms with Crippen LogP contribution in [0.4, 0.5) is 8.78 Å². The molecule has 1 N–H and O–H groups in total. The predicted molar refractivity (Wildman–Crippen MR) is 46.8 cm³/mol. The van der Waals surface area contributed by atoms with Gasteiger partial charge in [-0.05, 0) is 11.6 Å². The first-order valence-electron chi connectivity index (χ1n) is 4.33. The molecule has 2 rings (SSSR count). The highest BCUT2D eigenvalue weighted by Gasteiger charge is 2.37. The van der Waals surface area contributed by atoms with Crippen LogP contribution in [0.25, 0.3) is 0 Å². The molecule has 0 radical (unpaired) electrons. The number of rotatable bonds is 2. The molecule has 0 amide bonds. The molecule has 1 fully saturated rings. The van der Waals surface area contributed by atoms with Crippen molar-refractivity contribution in [2.45, 2.75) is 12.1 Å². The van der Waals surface area contributed by atoms with Gasteiger partial charge in [0.15, 0.2) is 0 Å². The molecule has 1 aromatic rings. The van der Waals surface area contributed by atoms with Gasteiger partial charge in [-0.25, -0.2) is 8.78 Å². The summed E-state index contributed by atoms with van der Waals surface area (Å²) in [5.41, 5.74) is -0.770. The van der Waals surface area contributed by atoms with Crippen LogP contribution in [0.15, 0.2) is 24.3 Å². The molecule has 1 aliphatic heterocycles. The zero-order chi connectivity index (χ0) is 9.31. The largest absolute Gasteiger partial charge is 0.310 e. The lowest BCUT2D eigenvalue weighted by molar-refractivity contribution is 0.0901. The molecular weight excluding hydrogens is 172 g/mol. The van der Waals surface area contributed by atoms with Gasteiger partial charge in [-0.1, -0.05) is 18.2 Å². The summed E-state index contributed by atoms with van der Waals surface area (Å²) in [5, 5.41) is 2.84. The van der Waals surface area contributed by atoms with Crippen molar-refractivity contribution in [2.75, 3.05) is 13.1 Å². The number of halogens is 2. The van der Waals surface area contributed by atoms with Gasteiger partial charge in [0.1, 0.15) is 11.5 Å². The monoisotopic (exact) mass is 183 g/mol. The Morgan fingerprint density at radius 1 is 1.31 bits per heavy atom. The van der Waals surface area contributed by atoms with Crippen LogP contribution in [0.5, 0.6) is 0 Å². The van der Waals surface area contributed by atoms with Crippen molar-refractivity contribution < 1.29 is 8.78 Å². The van der Waals surface area contributed by atoms with E-state index in [1.54, 1.807) is 18.2 Å². The minimum absolute atomic E-state index is 0.173. The van der Waals surface area contributed by atoms with Gasteiger partial charge in [0.2, 0.25) is 0 Å². The maximum Gasteiger partial charge on any atom is 0.139 e. The van der Waals surface area contributed by atoms with E-state index >= 15 is 0 Å². The zero-order valence-electron chi connectivity index (χ0n) is 7.19. The lowest BCUT2D eigenvalue weighted by Crippen LogP contribution is -2.57. The molecule has 1 nitrogen and oxygen atoms in total. The molecule has 3 heteroatoms. The van der Waals surface area contributed by atoms with Gasteiger partial charge in [-0.3, -0.25) is 0 Å². The maximum absolute atomic E-state index is 13.5. The van der Waals surface area contributed by atoms with Gasteiger partial charge in [0, 0.05) is 19.5 Å². The molecule has 0 aliphatic carbocycles. The first kappa shape index (κ1) is 8.63. The summed E-state index contributed by atoms with van der Waals surface area (Å²) >= 11 is 0. The van der Waals surface area contributed by atoms with E-state index in [1.165, 1.54) is 6.07 Å². The standard InChI is InChI=1S/C10H11F2N/c11-9-4-2-1-3-8(9)5-10(12)6-13-7-10/h1-4,13H,5-7H2. The zero-order valence-corrected chi connectivity index (χ0v) is 7.19. The Bertz CT molecular complexity index is 308. The lowest BCUT2D eigenvalue weighted by atomic mass is 9.91. The average molecular weight is 183 g/mol. The molecule has 0 unspecified atom stereocenters. The van der Waals surface area contributed by atoms with Crippen LogP contribution in [-0.4, -0.2) is 18.8 Å². The van der Waals surface area contributed by atoms with Crippen molar-refractivity contribution in [2.24, 2.45) is 0 Å². The minimum Gasteiger partial charge on any atom is -0.310 e. The Labute approximate surface area is 75.8 Å². The Morgan fingerprint density at radius 3 is 2.54 bits per heavy atom. The molecule has 13 heavy (non-hydrogen) atoms. The van der Waals surface area contributed by atoms with Gasteiger partial charge in [0.05, 0.1) is 0 Å². The fourth-order valence-corrected chi connectivity index (χ4v) is 1.50. The molecular formula is C10H11F2N. The molecule has 1 aliphatic rings. The third-order valence-corrected chi connectivity index (χ3v) is 2.35. The summed E-state index contributed by atoms with van der Waals surface area (Å²) in [6, 6.07) is 6.34. The molecule has 0 aromatic heterocycles. The number of alkyl halides is 1. The maximum atomic E-state index is 13.5. The van der Waals surface area contributed by atoms with E-state index in [-0.39, 0.29) is 12.2 Å². The predicted octanol–water partition coefficient (Wildman–Crippen LogP) is 1.68. The summed E-state index contributed by atoms with van der Waals surface area (Å²) in [7, 11) is 0. The molecule has 0 spiro atoms. The molecule has 0 saturated carbocycles. The van der Waals surface area contributed by atoms with Crippen molar-refractivity contribution in [3.05, 3.63) is 35.6 Å². The normalized spacial score (nSPS) is 19.5. The lowest BCUT2D eigenvalue weighted by Gasteiger charge is -2.35. The number of nitrogens with one attached hydrogen (secondary N) is 1. The third-order valence-electron chi connectivity index (χ3n) is 2.35. The van der Waals surface area contributed by atoms with Crippen LogP contribution in [0.1, 0.15) is 5.56 Å². The van der Waals surface area contributed by atoms with E-state index in [1.807, 2.05) is 0 Å². The SMILES string of the molecule is Fc1ccccc1CC1(F)CNC1.